The molecule has 0 unspecified atom stereocenters. The Hall–Kier alpha value is -1.32. The van der Waals surface area contributed by atoms with Gasteiger partial charge in [0.2, 0.25) is 0 Å². The van der Waals surface area contributed by atoms with Crippen LogP contribution in [0.4, 0.5) is 11.6 Å². The molecule has 2 heterocycles. The van der Waals surface area contributed by atoms with E-state index in [1.165, 1.54) is 63.7 Å². The van der Waals surface area contributed by atoms with Gasteiger partial charge in [-0.25, -0.2) is 9.97 Å². The van der Waals surface area contributed by atoms with Crippen LogP contribution in [0.1, 0.15) is 63.1 Å². The highest BCUT2D eigenvalue weighted by Gasteiger charge is 2.35. The van der Waals surface area contributed by atoms with Crippen molar-refractivity contribution < 1.29 is 0 Å². The van der Waals surface area contributed by atoms with Crippen LogP contribution in [0.5, 0.6) is 0 Å². The lowest BCUT2D eigenvalue weighted by molar-refractivity contribution is 0.242. The number of piperidine rings is 1. The van der Waals surface area contributed by atoms with E-state index in [1.54, 1.807) is 0 Å². The average molecular weight is 286 g/mol. The second kappa shape index (κ2) is 5.47. The molecule has 114 valence electrons. The number of fused-ring (bicyclic) bond motifs is 1. The topological polar surface area (TPSA) is 41.0 Å². The molecule has 1 aromatic rings. The molecular formula is C17H26N4. The van der Waals surface area contributed by atoms with Crippen LogP contribution in [0.15, 0.2) is 6.07 Å². The van der Waals surface area contributed by atoms with Crippen LogP contribution < -0.4 is 10.2 Å². The van der Waals surface area contributed by atoms with Gasteiger partial charge in [0, 0.05) is 31.6 Å². The van der Waals surface area contributed by atoms with Crippen molar-refractivity contribution in [2.24, 2.45) is 5.92 Å². The SMILES string of the molecule is CNc1cc(N2CCC[C@H]3CCCC[C@H]32)nc(C2CC2)n1. The van der Waals surface area contributed by atoms with Crippen LogP contribution in [-0.4, -0.2) is 29.6 Å². The molecule has 2 saturated carbocycles. The molecule has 2 aliphatic carbocycles. The van der Waals surface area contributed by atoms with Gasteiger partial charge in [-0.05, 0) is 44.4 Å². The van der Waals surface area contributed by atoms with E-state index in [2.05, 4.69) is 21.3 Å². The summed E-state index contributed by atoms with van der Waals surface area (Å²) >= 11 is 0. The average Bonchev–Trinajstić information content (AvgIpc) is 3.39. The lowest BCUT2D eigenvalue weighted by atomic mass is 9.78. The number of aromatic nitrogens is 2. The smallest absolute Gasteiger partial charge is 0.136 e. The number of nitrogens with zero attached hydrogens (tertiary/aromatic N) is 3. The van der Waals surface area contributed by atoms with E-state index >= 15 is 0 Å². The predicted octanol–water partition coefficient (Wildman–Crippen LogP) is 3.55. The minimum absolute atomic E-state index is 0.615. The number of hydrogen-bond donors (Lipinski definition) is 1. The summed E-state index contributed by atoms with van der Waals surface area (Å²) in [6.45, 7) is 1.17. The van der Waals surface area contributed by atoms with Crippen molar-refractivity contribution in [2.45, 2.75) is 63.3 Å². The van der Waals surface area contributed by atoms with Gasteiger partial charge in [0.15, 0.2) is 0 Å². The van der Waals surface area contributed by atoms with Crippen molar-refractivity contribution in [3.8, 4) is 0 Å². The minimum Gasteiger partial charge on any atom is -0.373 e. The quantitative estimate of drug-likeness (QED) is 0.922. The van der Waals surface area contributed by atoms with Gasteiger partial charge in [-0.15, -0.1) is 0 Å². The monoisotopic (exact) mass is 286 g/mol. The standard InChI is InChI=1S/C17H26N4/c1-18-15-11-16(20-17(19-15)13-8-9-13)21-10-4-6-12-5-2-3-7-14(12)21/h11-14H,2-10H2,1H3,(H,18,19,20)/t12-,14-/m1/s1. The summed E-state index contributed by atoms with van der Waals surface area (Å²) in [7, 11) is 1.96. The van der Waals surface area contributed by atoms with Crippen LogP contribution in [-0.2, 0) is 0 Å². The Morgan fingerprint density at radius 1 is 1.05 bits per heavy atom. The first-order valence-corrected chi connectivity index (χ1v) is 8.68. The molecule has 3 fully saturated rings. The van der Waals surface area contributed by atoms with E-state index in [1.807, 2.05) is 7.05 Å². The van der Waals surface area contributed by atoms with E-state index in [9.17, 15) is 0 Å². The molecule has 21 heavy (non-hydrogen) atoms. The lowest BCUT2D eigenvalue weighted by Gasteiger charge is -2.44. The predicted molar refractivity (Wildman–Crippen MR) is 85.9 cm³/mol. The first-order chi connectivity index (χ1) is 10.3. The zero-order valence-electron chi connectivity index (χ0n) is 13.0. The summed E-state index contributed by atoms with van der Waals surface area (Å²) < 4.78 is 0. The third-order valence-electron chi connectivity index (χ3n) is 5.47. The second-order valence-electron chi connectivity index (χ2n) is 6.94. The molecule has 4 nitrogen and oxygen atoms in total. The number of anilines is 2. The Balaban J connectivity index is 1.65. The van der Waals surface area contributed by atoms with E-state index in [0.29, 0.717) is 5.92 Å². The van der Waals surface area contributed by atoms with Gasteiger partial charge < -0.3 is 10.2 Å². The summed E-state index contributed by atoms with van der Waals surface area (Å²) in [6, 6.07) is 2.88. The highest BCUT2D eigenvalue weighted by molar-refractivity contribution is 5.51. The summed E-state index contributed by atoms with van der Waals surface area (Å²) in [5.41, 5.74) is 0. The van der Waals surface area contributed by atoms with Crippen molar-refractivity contribution in [1.29, 1.82) is 0 Å². The van der Waals surface area contributed by atoms with Crippen LogP contribution in [0.3, 0.4) is 0 Å². The molecule has 0 radical (unpaired) electrons. The molecule has 1 aromatic heterocycles. The third kappa shape index (κ3) is 2.60. The van der Waals surface area contributed by atoms with Crippen LogP contribution >= 0.6 is 0 Å². The van der Waals surface area contributed by atoms with Crippen molar-refractivity contribution in [2.75, 3.05) is 23.8 Å². The van der Waals surface area contributed by atoms with E-state index in [-0.39, 0.29) is 0 Å². The fourth-order valence-electron chi connectivity index (χ4n) is 4.16. The maximum atomic E-state index is 4.93. The summed E-state index contributed by atoms with van der Waals surface area (Å²) in [6.07, 6.45) is 10.8. The lowest BCUT2D eigenvalue weighted by Crippen LogP contribution is -2.47. The van der Waals surface area contributed by atoms with Crippen molar-refractivity contribution >= 4 is 11.6 Å². The van der Waals surface area contributed by atoms with Gasteiger partial charge in [-0.3, -0.25) is 0 Å². The molecular weight excluding hydrogens is 260 g/mol. The van der Waals surface area contributed by atoms with Gasteiger partial charge in [0.25, 0.3) is 0 Å². The van der Waals surface area contributed by atoms with E-state index in [4.69, 9.17) is 4.98 Å². The Morgan fingerprint density at radius 2 is 1.86 bits per heavy atom. The van der Waals surface area contributed by atoms with E-state index < -0.39 is 0 Å². The third-order valence-corrected chi connectivity index (χ3v) is 5.47. The molecule has 0 bridgehead atoms. The minimum atomic E-state index is 0.615. The fraction of sp³-hybridized carbons (Fsp3) is 0.765. The largest absolute Gasteiger partial charge is 0.373 e. The maximum absolute atomic E-state index is 4.93. The van der Waals surface area contributed by atoms with Gasteiger partial charge >= 0.3 is 0 Å². The van der Waals surface area contributed by atoms with Crippen molar-refractivity contribution in [1.82, 2.24) is 9.97 Å². The highest BCUT2D eigenvalue weighted by atomic mass is 15.2. The number of nitrogens with one attached hydrogen (secondary N) is 1. The Kier molecular flexibility index (Phi) is 3.48. The first kappa shape index (κ1) is 13.4. The number of rotatable bonds is 3. The Labute approximate surface area is 127 Å². The zero-order chi connectivity index (χ0) is 14.2. The normalized spacial score (nSPS) is 29.1. The molecule has 0 amide bonds. The first-order valence-electron chi connectivity index (χ1n) is 8.68. The Bertz CT molecular complexity index is 510. The zero-order valence-corrected chi connectivity index (χ0v) is 13.0. The summed E-state index contributed by atoms with van der Waals surface area (Å²) in [4.78, 5) is 12.2. The molecule has 4 rings (SSSR count). The van der Waals surface area contributed by atoms with Crippen LogP contribution in [0.25, 0.3) is 0 Å². The molecule has 3 aliphatic rings. The van der Waals surface area contributed by atoms with E-state index in [0.717, 1.165) is 23.6 Å². The second-order valence-corrected chi connectivity index (χ2v) is 6.94. The molecule has 0 aromatic carbocycles. The van der Waals surface area contributed by atoms with Gasteiger partial charge in [0.1, 0.15) is 17.5 Å². The summed E-state index contributed by atoms with van der Waals surface area (Å²) in [5.74, 6) is 4.73. The molecule has 4 heteroatoms. The Morgan fingerprint density at radius 3 is 2.67 bits per heavy atom. The van der Waals surface area contributed by atoms with Crippen LogP contribution in [0, 0.1) is 5.92 Å². The molecule has 2 atom stereocenters. The van der Waals surface area contributed by atoms with Crippen molar-refractivity contribution in [3.05, 3.63) is 11.9 Å². The highest BCUT2D eigenvalue weighted by Crippen LogP contribution is 2.41. The number of hydrogen-bond acceptors (Lipinski definition) is 4. The van der Waals surface area contributed by atoms with Crippen molar-refractivity contribution in [3.63, 3.8) is 0 Å². The molecule has 0 spiro atoms. The fourth-order valence-corrected chi connectivity index (χ4v) is 4.16. The maximum Gasteiger partial charge on any atom is 0.136 e. The molecule has 1 aliphatic heterocycles. The molecule has 1 N–H and O–H groups in total. The van der Waals surface area contributed by atoms with Gasteiger partial charge in [0.05, 0.1) is 0 Å². The van der Waals surface area contributed by atoms with Gasteiger partial charge in [-0.1, -0.05) is 12.8 Å². The van der Waals surface area contributed by atoms with Crippen LogP contribution in [0.2, 0.25) is 0 Å². The molecule has 1 saturated heterocycles. The van der Waals surface area contributed by atoms with Gasteiger partial charge in [-0.2, -0.15) is 0 Å². The summed E-state index contributed by atoms with van der Waals surface area (Å²) in [5, 5.41) is 3.22.